The molecule has 0 aliphatic rings. The second kappa shape index (κ2) is 8.26. The number of nitriles is 1. The van der Waals surface area contributed by atoms with Crippen LogP contribution in [-0.4, -0.2) is 40.6 Å². The summed E-state index contributed by atoms with van der Waals surface area (Å²) in [5.41, 5.74) is -1.35. The number of hydrogen-bond acceptors (Lipinski definition) is 7. The van der Waals surface area contributed by atoms with Crippen LogP contribution in [0, 0.1) is 11.3 Å². The minimum atomic E-state index is -4.84. The Bertz CT molecular complexity index is 1290. The number of carbonyl (C=O) groups is 1. The molecular weight excluding hydrogens is 427 g/mol. The van der Waals surface area contributed by atoms with Gasteiger partial charge in [-0.3, -0.25) is 14.5 Å². The van der Waals surface area contributed by atoms with Crippen LogP contribution in [0.5, 0.6) is 0 Å². The summed E-state index contributed by atoms with van der Waals surface area (Å²) in [6.45, 7) is -0.221. The average Bonchev–Trinajstić information content (AvgIpc) is 3.44. The first kappa shape index (κ1) is 20.7. The molecule has 32 heavy (non-hydrogen) atoms. The van der Waals surface area contributed by atoms with E-state index in [9.17, 15) is 23.2 Å². The summed E-state index contributed by atoms with van der Waals surface area (Å²) in [6, 6.07) is 6.33. The minimum absolute atomic E-state index is 0.0160. The molecule has 1 amide bonds. The Kier molecular flexibility index (Phi) is 5.34. The summed E-state index contributed by atoms with van der Waals surface area (Å²) in [5, 5.41) is 23.2. The number of hydrogen-bond donors (Lipinski definition) is 1. The van der Waals surface area contributed by atoms with Crippen LogP contribution >= 0.6 is 0 Å². The number of anilines is 1. The van der Waals surface area contributed by atoms with Gasteiger partial charge in [0, 0.05) is 12.4 Å². The molecule has 4 aromatic rings. The lowest BCUT2D eigenvalue weighted by Crippen LogP contribution is -2.22. The zero-order chi connectivity index (χ0) is 22.7. The Balaban J connectivity index is 1.63. The molecule has 0 aromatic carbocycles. The van der Waals surface area contributed by atoms with Crippen molar-refractivity contribution in [2.24, 2.45) is 0 Å². The molecule has 0 aliphatic heterocycles. The number of aromatic nitrogens is 7. The van der Waals surface area contributed by atoms with Crippen molar-refractivity contribution >= 4 is 11.6 Å². The van der Waals surface area contributed by atoms with E-state index in [2.05, 4.69) is 30.6 Å². The maximum absolute atomic E-state index is 13.7. The van der Waals surface area contributed by atoms with Gasteiger partial charge in [0.2, 0.25) is 0 Å². The number of nitrogens with zero attached hydrogens (tertiary/aromatic N) is 8. The smallest absolute Gasteiger partial charge is 0.320 e. The van der Waals surface area contributed by atoms with Gasteiger partial charge in [0.1, 0.15) is 11.6 Å². The molecule has 0 fully saturated rings. The molecular formula is C19H12F3N9O. The second-order valence-corrected chi connectivity index (χ2v) is 6.40. The quantitative estimate of drug-likeness (QED) is 0.506. The van der Waals surface area contributed by atoms with Gasteiger partial charge in [-0.05, 0) is 17.7 Å². The molecule has 0 saturated heterocycles. The third-order valence-electron chi connectivity index (χ3n) is 4.26. The van der Waals surface area contributed by atoms with Gasteiger partial charge < -0.3 is 5.32 Å². The lowest BCUT2D eigenvalue weighted by Gasteiger charge is -2.13. The van der Waals surface area contributed by atoms with Gasteiger partial charge in [0.15, 0.2) is 11.5 Å². The molecule has 4 heterocycles. The Labute approximate surface area is 178 Å². The summed E-state index contributed by atoms with van der Waals surface area (Å²) in [6.07, 6.45) is 2.87. The Morgan fingerprint density at radius 2 is 1.91 bits per heavy atom. The predicted octanol–water partition coefficient (Wildman–Crippen LogP) is 2.44. The van der Waals surface area contributed by atoms with Crippen LogP contribution in [0.1, 0.15) is 27.2 Å². The highest BCUT2D eigenvalue weighted by Gasteiger charge is 2.40. The fourth-order valence-electron chi connectivity index (χ4n) is 2.93. The van der Waals surface area contributed by atoms with E-state index in [1.807, 2.05) is 6.07 Å². The minimum Gasteiger partial charge on any atom is -0.320 e. The van der Waals surface area contributed by atoms with E-state index in [4.69, 9.17) is 0 Å². The molecule has 4 rings (SSSR count). The zero-order valence-corrected chi connectivity index (χ0v) is 16.0. The number of nitrogens with one attached hydrogen (secondary N) is 1. The first-order chi connectivity index (χ1) is 15.4. The third-order valence-corrected chi connectivity index (χ3v) is 4.26. The van der Waals surface area contributed by atoms with E-state index in [1.165, 1.54) is 37.1 Å². The van der Waals surface area contributed by atoms with Crippen molar-refractivity contribution in [1.82, 2.24) is 34.7 Å². The fraction of sp³-hybridized carbons (Fsp3) is 0.105. The van der Waals surface area contributed by atoms with Gasteiger partial charge in [-0.2, -0.15) is 33.7 Å². The van der Waals surface area contributed by atoms with Crippen molar-refractivity contribution in [3.05, 3.63) is 77.8 Å². The Morgan fingerprint density at radius 1 is 1.12 bits per heavy atom. The maximum atomic E-state index is 13.7. The fourth-order valence-corrected chi connectivity index (χ4v) is 2.93. The van der Waals surface area contributed by atoms with E-state index in [-0.39, 0.29) is 23.6 Å². The standard InChI is InChI=1S/C19H12F3N9O/c20-19(21,22)16-15(10-28-30(16)11-12-2-1-3-24-8-12)18(32)29-14-6-13(7-23)17(25-9-14)31-26-4-5-27-31/h1-6,8-10H,11H2,(H,29,32). The van der Waals surface area contributed by atoms with Gasteiger partial charge in [0.25, 0.3) is 5.91 Å². The lowest BCUT2D eigenvalue weighted by atomic mass is 10.2. The largest absolute Gasteiger partial charge is 0.433 e. The number of halogens is 3. The van der Waals surface area contributed by atoms with E-state index in [0.717, 1.165) is 11.0 Å². The molecule has 0 saturated carbocycles. The lowest BCUT2D eigenvalue weighted by molar-refractivity contribution is -0.144. The van der Waals surface area contributed by atoms with Crippen molar-refractivity contribution in [3.8, 4) is 11.9 Å². The Hall–Kier alpha value is -4.60. The van der Waals surface area contributed by atoms with Crippen LogP contribution in [0.2, 0.25) is 0 Å². The van der Waals surface area contributed by atoms with Crippen LogP contribution in [0.25, 0.3) is 5.82 Å². The van der Waals surface area contributed by atoms with E-state index in [1.54, 1.807) is 12.1 Å². The highest BCUT2D eigenvalue weighted by atomic mass is 19.4. The Morgan fingerprint density at radius 3 is 2.56 bits per heavy atom. The first-order valence-electron chi connectivity index (χ1n) is 8.97. The van der Waals surface area contributed by atoms with Crippen LogP contribution in [0.4, 0.5) is 18.9 Å². The van der Waals surface area contributed by atoms with E-state index < -0.39 is 23.3 Å². The predicted molar refractivity (Wildman–Crippen MR) is 102 cm³/mol. The molecule has 4 aromatic heterocycles. The number of pyridine rings is 2. The molecule has 13 heteroatoms. The van der Waals surface area contributed by atoms with Gasteiger partial charge in [-0.15, -0.1) is 4.80 Å². The second-order valence-electron chi connectivity index (χ2n) is 6.40. The van der Waals surface area contributed by atoms with Gasteiger partial charge in [-0.25, -0.2) is 4.98 Å². The monoisotopic (exact) mass is 439 g/mol. The van der Waals surface area contributed by atoms with Crippen molar-refractivity contribution in [2.75, 3.05) is 5.32 Å². The van der Waals surface area contributed by atoms with Crippen LogP contribution in [0.15, 0.2) is 55.4 Å². The summed E-state index contributed by atoms with van der Waals surface area (Å²) in [7, 11) is 0. The zero-order valence-electron chi connectivity index (χ0n) is 16.0. The summed E-state index contributed by atoms with van der Waals surface area (Å²) in [4.78, 5) is 21.6. The molecule has 0 aliphatic carbocycles. The number of carbonyl (C=O) groups excluding carboxylic acids is 1. The van der Waals surface area contributed by atoms with Crippen LogP contribution in [-0.2, 0) is 12.7 Å². The molecule has 10 nitrogen and oxygen atoms in total. The summed E-state index contributed by atoms with van der Waals surface area (Å²) < 4.78 is 41.9. The van der Waals surface area contributed by atoms with Crippen molar-refractivity contribution in [1.29, 1.82) is 5.26 Å². The number of rotatable bonds is 5. The SMILES string of the molecule is N#Cc1cc(NC(=O)c2cnn(Cc3cccnc3)c2C(F)(F)F)cnc1-n1nccn1. The topological polar surface area (TPSA) is 127 Å². The molecule has 0 atom stereocenters. The number of alkyl halides is 3. The summed E-state index contributed by atoms with van der Waals surface area (Å²) in [5.74, 6) is -0.943. The number of amides is 1. The highest BCUT2D eigenvalue weighted by molar-refractivity contribution is 6.05. The molecule has 160 valence electrons. The molecule has 0 radical (unpaired) electrons. The van der Waals surface area contributed by atoms with E-state index >= 15 is 0 Å². The molecule has 0 unspecified atom stereocenters. The van der Waals surface area contributed by atoms with Crippen LogP contribution in [0.3, 0.4) is 0 Å². The highest BCUT2D eigenvalue weighted by Crippen LogP contribution is 2.33. The van der Waals surface area contributed by atoms with Crippen molar-refractivity contribution in [2.45, 2.75) is 12.7 Å². The first-order valence-corrected chi connectivity index (χ1v) is 8.97. The van der Waals surface area contributed by atoms with Crippen LogP contribution < -0.4 is 5.32 Å². The molecule has 0 spiro atoms. The molecule has 0 bridgehead atoms. The van der Waals surface area contributed by atoms with Crippen molar-refractivity contribution in [3.63, 3.8) is 0 Å². The third kappa shape index (κ3) is 4.15. The molecule has 1 N–H and O–H groups in total. The maximum Gasteiger partial charge on any atom is 0.433 e. The summed E-state index contributed by atoms with van der Waals surface area (Å²) >= 11 is 0. The van der Waals surface area contributed by atoms with Crippen molar-refractivity contribution < 1.29 is 18.0 Å². The van der Waals surface area contributed by atoms with Gasteiger partial charge in [-0.1, -0.05) is 6.07 Å². The average molecular weight is 439 g/mol. The van der Waals surface area contributed by atoms with E-state index in [0.29, 0.717) is 10.2 Å². The van der Waals surface area contributed by atoms with Gasteiger partial charge >= 0.3 is 6.18 Å². The normalized spacial score (nSPS) is 11.2. The van der Waals surface area contributed by atoms with Gasteiger partial charge in [0.05, 0.1) is 42.6 Å².